The van der Waals surface area contributed by atoms with Gasteiger partial charge in [-0.05, 0) is 46.6 Å². The van der Waals surface area contributed by atoms with Gasteiger partial charge >= 0.3 is 5.97 Å². The number of rotatable bonds is 3. The maximum absolute atomic E-state index is 12.7. The third-order valence-corrected chi connectivity index (χ3v) is 4.41. The maximum Gasteiger partial charge on any atom is 0.305 e. The molecule has 1 aromatic heterocycles. The molecule has 1 atom stereocenters. The van der Waals surface area contributed by atoms with Gasteiger partial charge < -0.3 is 19.2 Å². The maximum atomic E-state index is 12.7. The van der Waals surface area contributed by atoms with Crippen LogP contribution < -0.4 is 0 Å². The summed E-state index contributed by atoms with van der Waals surface area (Å²) in [7, 11) is 0. The van der Waals surface area contributed by atoms with Crippen LogP contribution in [-0.4, -0.2) is 47.7 Å². The molecule has 122 valence electrons. The number of hydrogen-bond acceptors (Lipinski definition) is 4. The predicted octanol–water partition coefficient (Wildman–Crippen LogP) is 2.82. The minimum Gasteiger partial charge on any atom is -0.481 e. The zero-order valence-electron chi connectivity index (χ0n) is 12.5. The van der Waals surface area contributed by atoms with E-state index in [2.05, 4.69) is 15.9 Å². The molecule has 2 heterocycles. The number of carbonyl (C=O) groups is 2. The van der Waals surface area contributed by atoms with Crippen molar-refractivity contribution in [3.05, 3.63) is 34.0 Å². The molecular formula is C16H16BrNO5. The molecule has 0 radical (unpaired) electrons. The van der Waals surface area contributed by atoms with Gasteiger partial charge in [0.15, 0.2) is 5.76 Å². The zero-order valence-corrected chi connectivity index (χ0v) is 14.1. The van der Waals surface area contributed by atoms with E-state index in [0.717, 1.165) is 15.4 Å². The first-order valence-corrected chi connectivity index (χ1v) is 8.05. The highest BCUT2D eigenvalue weighted by Gasteiger charge is 2.31. The summed E-state index contributed by atoms with van der Waals surface area (Å²) in [5, 5.41) is 9.83. The monoisotopic (exact) mass is 381 g/mol. The quantitative estimate of drug-likeness (QED) is 0.883. The third-order valence-electron chi connectivity index (χ3n) is 3.82. The number of halogens is 1. The number of aryl methyl sites for hydroxylation is 1. The summed E-state index contributed by atoms with van der Waals surface area (Å²) < 4.78 is 11.8. The Hall–Kier alpha value is -1.86. The second-order valence-corrected chi connectivity index (χ2v) is 6.46. The highest BCUT2D eigenvalue weighted by Crippen LogP contribution is 2.29. The number of nitrogens with zero attached hydrogens (tertiary/aromatic N) is 1. The van der Waals surface area contributed by atoms with Crippen molar-refractivity contribution < 1.29 is 23.8 Å². The molecule has 0 aliphatic carbocycles. The van der Waals surface area contributed by atoms with Crippen molar-refractivity contribution in [2.75, 3.05) is 19.8 Å². The van der Waals surface area contributed by atoms with E-state index < -0.39 is 12.0 Å². The van der Waals surface area contributed by atoms with Crippen LogP contribution in [0.4, 0.5) is 0 Å². The molecule has 0 bridgehead atoms. The Morgan fingerprint density at radius 3 is 2.91 bits per heavy atom. The number of carboxylic acid groups (broad SMARTS) is 1. The van der Waals surface area contributed by atoms with Gasteiger partial charge in [-0.3, -0.25) is 9.59 Å². The molecule has 3 rings (SSSR count). The first-order chi connectivity index (χ1) is 11.0. The zero-order chi connectivity index (χ0) is 16.6. The lowest BCUT2D eigenvalue weighted by atomic mass is 10.1. The lowest BCUT2D eigenvalue weighted by Gasteiger charge is -2.34. The van der Waals surface area contributed by atoms with Gasteiger partial charge in [0.2, 0.25) is 0 Å². The normalized spacial score (nSPS) is 18.3. The van der Waals surface area contributed by atoms with Crippen molar-refractivity contribution in [1.29, 1.82) is 0 Å². The molecule has 1 aliphatic rings. The van der Waals surface area contributed by atoms with Crippen LogP contribution in [0.15, 0.2) is 27.1 Å². The van der Waals surface area contributed by atoms with E-state index in [4.69, 9.17) is 14.3 Å². The van der Waals surface area contributed by atoms with Crippen LogP contribution in [0, 0.1) is 6.92 Å². The van der Waals surface area contributed by atoms with Crippen LogP contribution in [0.1, 0.15) is 22.5 Å². The summed E-state index contributed by atoms with van der Waals surface area (Å²) in [5.41, 5.74) is 1.67. The van der Waals surface area contributed by atoms with Crippen LogP contribution >= 0.6 is 15.9 Å². The van der Waals surface area contributed by atoms with Gasteiger partial charge in [0, 0.05) is 11.9 Å². The largest absolute Gasteiger partial charge is 0.481 e. The van der Waals surface area contributed by atoms with Crippen molar-refractivity contribution in [2.45, 2.75) is 19.4 Å². The number of carbonyl (C=O) groups excluding carboxylic acids is 1. The molecule has 1 unspecified atom stereocenters. The van der Waals surface area contributed by atoms with Crippen LogP contribution in [0.5, 0.6) is 0 Å². The van der Waals surface area contributed by atoms with E-state index in [0.29, 0.717) is 18.7 Å². The molecule has 1 saturated heterocycles. The number of benzene rings is 1. The molecule has 1 fully saturated rings. The molecule has 1 aromatic carbocycles. The molecule has 2 aromatic rings. The number of aliphatic carboxylic acids is 1. The Kier molecular flexibility index (Phi) is 4.41. The predicted molar refractivity (Wildman–Crippen MR) is 86.5 cm³/mol. The number of furan rings is 1. The summed E-state index contributed by atoms with van der Waals surface area (Å²) >= 11 is 3.43. The standard InChI is InChI=1S/C16H16BrNO5/c1-9-4-10-6-13(23-15(10)12(17)5-9)16(21)18-2-3-22-8-11(18)7-14(19)20/h4-6,11H,2-3,7-8H2,1H3,(H,19,20). The van der Waals surface area contributed by atoms with Crippen LogP contribution in [0.3, 0.4) is 0 Å². The van der Waals surface area contributed by atoms with Crippen LogP contribution in [-0.2, 0) is 9.53 Å². The molecule has 0 spiro atoms. The third kappa shape index (κ3) is 3.25. The Morgan fingerprint density at radius 1 is 1.39 bits per heavy atom. The van der Waals surface area contributed by atoms with E-state index in [1.165, 1.54) is 4.90 Å². The van der Waals surface area contributed by atoms with Gasteiger partial charge in [-0.15, -0.1) is 0 Å². The Labute approximate surface area is 141 Å². The van der Waals surface area contributed by atoms with E-state index in [9.17, 15) is 9.59 Å². The second kappa shape index (κ2) is 6.33. The number of hydrogen-bond donors (Lipinski definition) is 1. The van der Waals surface area contributed by atoms with Crippen LogP contribution in [0.2, 0.25) is 0 Å². The summed E-state index contributed by atoms with van der Waals surface area (Å²) in [6.45, 7) is 2.93. The average molecular weight is 382 g/mol. The lowest BCUT2D eigenvalue weighted by molar-refractivity contribution is -0.139. The fourth-order valence-corrected chi connectivity index (χ4v) is 3.46. The first-order valence-electron chi connectivity index (χ1n) is 7.26. The minimum absolute atomic E-state index is 0.144. The smallest absolute Gasteiger partial charge is 0.305 e. The molecule has 7 heteroatoms. The highest BCUT2D eigenvalue weighted by molar-refractivity contribution is 9.10. The molecule has 0 saturated carbocycles. The van der Waals surface area contributed by atoms with Gasteiger partial charge in [0.05, 0.1) is 30.1 Å². The summed E-state index contributed by atoms with van der Waals surface area (Å²) in [4.78, 5) is 25.2. The molecular weight excluding hydrogens is 366 g/mol. The minimum atomic E-state index is -0.957. The Bertz CT molecular complexity index is 769. The average Bonchev–Trinajstić information content (AvgIpc) is 2.90. The summed E-state index contributed by atoms with van der Waals surface area (Å²) in [6, 6.07) is 5.08. The summed E-state index contributed by atoms with van der Waals surface area (Å²) in [6.07, 6.45) is -0.144. The number of ether oxygens (including phenoxy) is 1. The number of fused-ring (bicyclic) bond motifs is 1. The Morgan fingerprint density at radius 2 is 2.17 bits per heavy atom. The Balaban J connectivity index is 1.92. The van der Waals surface area contributed by atoms with Crippen molar-refractivity contribution in [2.24, 2.45) is 0 Å². The molecule has 1 aliphatic heterocycles. The lowest BCUT2D eigenvalue weighted by Crippen LogP contribution is -2.49. The van der Waals surface area contributed by atoms with Gasteiger partial charge in [-0.2, -0.15) is 0 Å². The molecule has 1 N–H and O–H groups in total. The molecule has 23 heavy (non-hydrogen) atoms. The van der Waals surface area contributed by atoms with E-state index in [1.54, 1.807) is 6.07 Å². The van der Waals surface area contributed by atoms with Crippen molar-refractivity contribution in [1.82, 2.24) is 4.90 Å². The molecule has 1 amide bonds. The van der Waals surface area contributed by atoms with Gasteiger partial charge in [0.1, 0.15) is 5.58 Å². The van der Waals surface area contributed by atoms with Crippen LogP contribution in [0.25, 0.3) is 11.0 Å². The van der Waals surface area contributed by atoms with E-state index >= 15 is 0 Å². The molecule has 6 nitrogen and oxygen atoms in total. The topological polar surface area (TPSA) is 80.0 Å². The van der Waals surface area contributed by atoms with Crippen molar-refractivity contribution in [3.63, 3.8) is 0 Å². The fourth-order valence-electron chi connectivity index (χ4n) is 2.79. The summed E-state index contributed by atoms with van der Waals surface area (Å²) in [5.74, 6) is -1.05. The SMILES string of the molecule is Cc1cc(Br)c2oc(C(=O)N3CCOCC3CC(=O)O)cc2c1. The number of morpholine rings is 1. The second-order valence-electron chi connectivity index (χ2n) is 5.60. The fraction of sp³-hybridized carbons (Fsp3) is 0.375. The number of amides is 1. The van der Waals surface area contributed by atoms with Gasteiger partial charge in [-0.1, -0.05) is 0 Å². The van der Waals surface area contributed by atoms with Gasteiger partial charge in [0.25, 0.3) is 5.91 Å². The van der Waals surface area contributed by atoms with Gasteiger partial charge in [-0.25, -0.2) is 0 Å². The van der Waals surface area contributed by atoms with Crippen molar-refractivity contribution in [3.8, 4) is 0 Å². The highest BCUT2D eigenvalue weighted by atomic mass is 79.9. The van der Waals surface area contributed by atoms with E-state index in [-0.39, 0.29) is 24.7 Å². The van der Waals surface area contributed by atoms with E-state index in [1.807, 2.05) is 19.1 Å². The number of carboxylic acids is 1. The first kappa shape index (κ1) is 16.0. The van der Waals surface area contributed by atoms with Crippen molar-refractivity contribution >= 4 is 38.8 Å².